The van der Waals surface area contributed by atoms with Crippen molar-refractivity contribution in [2.24, 2.45) is 5.73 Å². The molecule has 140 valence electrons. The van der Waals surface area contributed by atoms with Crippen LogP contribution in [0.2, 0.25) is 0 Å². The molecule has 2 aromatic rings. The van der Waals surface area contributed by atoms with Crippen LogP contribution in [0.5, 0.6) is 0 Å². The van der Waals surface area contributed by atoms with Gasteiger partial charge in [-0.2, -0.15) is 10.4 Å². The van der Waals surface area contributed by atoms with Crippen LogP contribution in [0.1, 0.15) is 42.4 Å². The van der Waals surface area contributed by atoms with E-state index in [9.17, 15) is 9.59 Å². The number of nitrogens with one attached hydrogen (secondary N) is 1. The Hall–Kier alpha value is -3.34. The number of carbonyl (C=O) groups excluding carboxylic acids is 2. The summed E-state index contributed by atoms with van der Waals surface area (Å²) in [6.07, 6.45) is 0. The fraction of sp³-hybridized carbons (Fsp3) is 0.368. The van der Waals surface area contributed by atoms with Crippen LogP contribution >= 0.6 is 0 Å². The highest BCUT2D eigenvalue weighted by atomic mass is 16.2. The first kappa shape index (κ1) is 18.5. The lowest BCUT2D eigenvalue weighted by Crippen LogP contribution is -2.50. The maximum Gasteiger partial charge on any atom is 0.318 e. The molecule has 3 amide bonds. The van der Waals surface area contributed by atoms with Crippen molar-refractivity contribution in [2.75, 3.05) is 6.54 Å². The molecule has 0 radical (unpaired) electrons. The van der Waals surface area contributed by atoms with Crippen LogP contribution in [-0.4, -0.2) is 38.7 Å². The number of aromatic nitrogens is 2. The predicted molar refractivity (Wildman–Crippen MR) is 99.6 cm³/mol. The molecule has 0 atom stereocenters. The molecule has 8 nitrogen and oxygen atoms in total. The van der Waals surface area contributed by atoms with Gasteiger partial charge in [0.2, 0.25) is 0 Å². The maximum absolute atomic E-state index is 12.5. The Kier molecular flexibility index (Phi) is 4.62. The molecule has 0 saturated heterocycles. The normalized spacial score (nSPS) is 13.6. The van der Waals surface area contributed by atoms with E-state index in [0.717, 1.165) is 0 Å². The Morgan fingerprint density at radius 3 is 2.44 bits per heavy atom. The van der Waals surface area contributed by atoms with Crippen LogP contribution in [0.4, 0.5) is 4.79 Å². The zero-order valence-electron chi connectivity index (χ0n) is 15.6. The zero-order valence-corrected chi connectivity index (χ0v) is 15.6. The Morgan fingerprint density at radius 1 is 1.22 bits per heavy atom. The van der Waals surface area contributed by atoms with E-state index in [1.807, 2.05) is 20.8 Å². The number of fused-ring (bicyclic) bond motifs is 1. The summed E-state index contributed by atoms with van der Waals surface area (Å²) in [7, 11) is 0. The van der Waals surface area contributed by atoms with Gasteiger partial charge in [0.15, 0.2) is 0 Å². The highest BCUT2D eigenvalue weighted by Gasteiger charge is 2.30. The third kappa shape index (κ3) is 3.77. The largest absolute Gasteiger partial charge is 0.365 e. The van der Waals surface area contributed by atoms with Crippen molar-refractivity contribution in [1.82, 2.24) is 20.0 Å². The first-order valence-corrected chi connectivity index (χ1v) is 8.66. The monoisotopic (exact) mass is 366 g/mol. The number of hydrogen-bond donors (Lipinski definition) is 2. The van der Waals surface area contributed by atoms with E-state index in [0.29, 0.717) is 41.2 Å². The number of rotatable bonds is 2. The quantitative estimate of drug-likeness (QED) is 0.843. The molecule has 0 unspecified atom stereocenters. The molecule has 1 aromatic heterocycles. The molecule has 0 aliphatic carbocycles. The SMILES string of the molecule is CC(C)(C)NC(=O)N1CCn2nc(-c3ccc(C#N)cc3)c(C(N)=O)c2C1. The summed E-state index contributed by atoms with van der Waals surface area (Å²) in [5.74, 6) is -0.589. The highest BCUT2D eigenvalue weighted by Crippen LogP contribution is 2.28. The molecule has 2 heterocycles. The van der Waals surface area contributed by atoms with Crippen molar-refractivity contribution < 1.29 is 9.59 Å². The average Bonchev–Trinajstić information content (AvgIpc) is 2.99. The number of nitrogens with two attached hydrogens (primary N) is 1. The van der Waals surface area contributed by atoms with Crippen molar-refractivity contribution in [3.8, 4) is 17.3 Å². The minimum Gasteiger partial charge on any atom is -0.365 e. The van der Waals surface area contributed by atoms with Crippen molar-refractivity contribution in [2.45, 2.75) is 39.4 Å². The summed E-state index contributed by atoms with van der Waals surface area (Å²) >= 11 is 0. The number of urea groups is 1. The zero-order chi connectivity index (χ0) is 19.8. The topological polar surface area (TPSA) is 117 Å². The molecule has 1 aliphatic heterocycles. The standard InChI is InChI=1S/C19H22N6O2/c1-19(2,3)22-18(27)24-8-9-25-14(11-24)15(17(21)26)16(23-25)13-6-4-12(10-20)5-7-13/h4-7H,8-9,11H2,1-3H3,(H2,21,26)(H,22,27). The van der Waals surface area contributed by atoms with Crippen LogP contribution in [0, 0.1) is 11.3 Å². The summed E-state index contributed by atoms with van der Waals surface area (Å²) in [6.45, 7) is 6.96. The molecule has 0 saturated carbocycles. The van der Waals surface area contributed by atoms with Crippen LogP contribution in [-0.2, 0) is 13.1 Å². The molecule has 3 rings (SSSR count). The van der Waals surface area contributed by atoms with E-state index in [1.165, 1.54) is 0 Å². The molecule has 0 fully saturated rings. The average molecular weight is 366 g/mol. The summed E-state index contributed by atoms with van der Waals surface area (Å²) in [5.41, 5.74) is 7.92. The van der Waals surface area contributed by atoms with Crippen molar-refractivity contribution in [1.29, 1.82) is 5.26 Å². The second-order valence-electron chi connectivity index (χ2n) is 7.55. The van der Waals surface area contributed by atoms with E-state index < -0.39 is 5.91 Å². The second-order valence-corrected chi connectivity index (χ2v) is 7.55. The van der Waals surface area contributed by atoms with E-state index in [-0.39, 0.29) is 18.1 Å². The van der Waals surface area contributed by atoms with Crippen molar-refractivity contribution in [3.63, 3.8) is 0 Å². The van der Waals surface area contributed by atoms with Gasteiger partial charge in [0.05, 0.1) is 36.0 Å². The summed E-state index contributed by atoms with van der Waals surface area (Å²) in [5, 5.41) is 16.4. The number of primary amides is 1. The van der Waals surface area contributed by atoms with Gasteiger partial charge in [0.25, 0.3) is 5.91 Å². The number of nitrogens with zero attached hydrogens (tertiary/aromatic N) is 4. The van der Waals surface area contributed by atoms with E-state index in [2.05, 4.69) is 16.5 Å². The van der Waals surface area contributed by atoms with Gasteiger partial charge in [-0.1, -0.05) is 12.1 Å². The summed E-state index contributed by atoms with van der Waals surface area (Å²) in [6, 6.07) is 8.69. The van der Waals surface area contributed by atoms with E-state index >= 15 is 0 Å². The van der Waals surface area contributed by atoms with E-state index in [1.54, 1.807) is 33.8 Å². The number of hydrogen-bond acceptors (Lipinski definition) is 4. The number of benzene rings is 1. The Balaban J connectivity index is 1.96. The van der Waals surface area contributed by atoms with Crippen molar-refractivity contribution >= 4 is 11.9 Å². The molecule has 1 aromatic carbocycles. The predicted octanol–water partition coefficient (Wildman–Crippen LogP) is 1.84. The van der Waals surface area contributed by atoms with Gasteiger partial charge in [-0.25, -0.2) is 4.79 Å². The smallest absolute Gasteiger partial charge is 0.318 e. The van der Waals surface area contributed by atoms with Gasteiger partial charge < -0.3 is 16.0 Å². The third-order valence-electron chi connectivity index (χ3n) is 4.28. The number of carbonyl (C=O) groups is 2. The number of nitriles is 1. The van der Waals surface area contributed by atoms with Gasteiger partial charge in [0, 0.05) is 17.6 Å². The molecule has 3 N–H and O–H groups in total. The fourth-order valence-corrected chi connectivity index (χ4v) is 3.05. The summed E-state index contributed by atoms with van der Waals surface area (Å²) in [4.78, 5) is 26.3. The second kappa shape index (κ2) is 6.76. The van der Waals surface area contributed by atoms with Crippen molar-refractivity contribution in [3.05, 3.63) is 41.1 Å². The van der Waals surface area contributed by atoms with Crippen LogP contribution < -0.4 is 11.1 Å². The minimum atomic E-state index is -0.589. The van der Waals surface area contributed by atoms with E-state index in [4.69, 9.17) is 11.0 Å². The lowest BCUT2D eigenvalue weighted by atomic mass is 10.0. The Bertz CT molecular complexity index is 931. The van der Waals surface area contributed by atoms with Gasteiger partial charge >= 0.3 is 6.03 Å². The molecule has 27 heavy (non-hydrogen) atoms. The molecule has 1 aliphatic rings. The molecule has 0 spiro atoms. The van der Waals surface area contributed by atoms with Crippen LogP contribution in [0.15, 0.2) is 24.3 Å². The van der Waals surface area contributed by atoms with Crippen LogP contribution in [0.3, 0.4) is 0 Å². The van der Waals surface area contributed by atoms with Gasteiger partial charge in [-0.3, -0.25) is 9.48 Å². The number of amides is 3. The Labute approximate surface area is 157 Å². The lowest BCUT2D eigenvalue weighted by molar-refractivity contribution is 0.0997. The first-order valence-electron chi connectivity index (χ1n) is 8.66. The van der Waals surface area contributed by atoms with Gasteiger partial charge in [0.1, 0.15) is 5.69 Å². The fourth-order valence-electron chi connectivity index (χ4n) is 3.05. The third-order valence-corrected chi connectivity index (χ3v) is 4.28. The summed E-state index contributed by atoms with van der Waals surface area (Å²) < 4.78 is 1.73. The first-order chi connectivity index (χ1) is 12.7. The molecular formula is C19H22N6O2. The highest BCUT2D eigenvalue weighted by molar-refractivity contribution is 6.00. The maximum atomic E-state index is 12.5. The molecular weight excluding hydrogens is 344 g/mol. The lowest BCUT2D eigenvalue weighted by Gasteiger charge is -2.31. The Morgan fingerprint density at radius 2 is 1.89 bits per heavy atom. The molecule has 0 bridgehead atoms. The van der Waals surface area contributed by atoms with Crippen LogP contribution in [0.25, 0.3) is 11.3 Å². The van der Waals surface area contributed by atoms with Gasteiger partial charge in [-0.15, -0.1) is 0 Å². The van der Waals surface area contributed by atoms with Gasteiger partial charge in [-0.05, 0) is 32.9 Å². The molecule has 8 heteroatoms. The minimum absolute atomic E-state index is 0.190.